The fraction of sp³-hybridized carbons (Fsp3) is 0.450. The zero-order valence-electron chi connectivity index (χ0n) is 16.0. The summed E-state index contributed by atoms with van der Waals surface area (Å²) < 4.78 is 1.88. The average molecular weight is 387 g/mol. The summed E-state index contributed by atoms with van der Waals surface area (Å²) >= 11 is 1.39. The van der Waals surface area contributed by atoms with E-state index in [2.05, 4.69) is 24.1 Å². The molecule has 0 spiro atoms. The Morgan fingerprint density at radius 2 is 2.04 bits per heavy atom. The standard InChI is InChI=1S/C20H26N4O2S/c1-4-17-14(2)9-11-24(17)19(26)15-5-7-16(8-6-15)22-18(25)13-27-20-21-10-12-23(20)3/h5-8,10,12,14,17H,4,9,11,13H2,1-3H3,(H,22,25)/t14-,17-/m0/s1. The molecule has 144 valence electrons. The highest BCUT2D eigenvalue weighted by molar-refractivity contribution is 7.99. The van der Waals surface area contributed by atoms with E-state index in [0.29, 0.717) is 23.2 Å². The lowest BCUT2D eigenvalue weighted by atomic mass is 10.0. The van der Waals surface area contributed by atoms with Gasteiger partial charge in [0.05, 0.1) is 5.75 Å². The van der Waals surface area contributed by atoms with E-state index in [1.165, 1.54) is 11.8 Å². The number of hydrogen-bond acceptors (Lipinski definition) is 4. The van der Waals surface area contributed by atoms with E-state index in [4.69, 9.17) is 0 Å². The number of rotatable bonds is 6. The second-order valence-electron chi connectivity index (χ2n) is 6.98. The first-order valence-electron chi connectivity index (χ1n) is 9.30. The highest BCUT2D eigenvalue weighted by Crippen LogP contribution is 2.28. The number of nitrogens with one attached hydrogen (secondary N) is 1. The van der Waals surface area contributed by atoms with E-state index in [1.54, 1.807) is 30.5 Å². The lowest BCUT2D eigenvalue weighted by Crippen LogP contribution is -2.37. The van der Waals surface area contributed by atoms with Crippen molar-refractivity contribution in [3.05, 3.63) is 42.2 Å². The van der Waals surface area contributed by atoms with E-state index in [-0.39, 0.29) is 17.6 Å². The van der Waals surface area contributed by atoms with Gasteiger partial charge in [0, 0.05) is 43.3 Å². The van der Waals surface area contributed by atoms with Crippen molar-refractivity contribution in [1.82, 2.24) is 14.5 Å². The Bertz CT molecular complexity index is 803. The van der Waals surface area contributed by atoms with E-state index in [9.17, 15) is 9.59 Å². The number of amides is 2. The number of anilines is 1. The van der Waals surface area contributed by atoms with Gasteiger partial charge in [0.15, 0.2) is 5.16 Å². The van der Waals surface area contributed by atoms with Crippen molar-refractivity contribution in [2.45, 2.75) is 37.9 Å². The van der Waals surface area contributed by atoms with Crippen LogP contribution < -0.4 is 5.32 Å². The van der Waals surface area contributed by atoms with Crippen molar-refractivity contribution in [3.63, 3.8) is 0 Å². The smallest absolute Gasteiger partial charge is 0.254 e. The molecular weight excluding hydrogens is 360 g/mol. The first-order chi connectivity index (χ1) is 13.0. The molecule has 0 saturated carbocycles. The molecule has 2 aromatic rings. The number of likely N-dealkylation sites (tertiary alicyclic amines) is 1. The molecule has 1 aromatic heterocycles. The van der Waals surface area contributed by atoms with Gasteiger partial charge >= 0.3 is 0 Å². The third-order valence-corrected chi connectivity index (χ3v) is 6.14. The van der Waals surface area contributed by atoms with Crippen molar-refractivity contribution >= 4 is 29.3 Å². The van der Waals surface area contributed by atoms with E-state index < -0.39 is 0 Å². The highest BCUT2D eigenvalue weighted by Gasteiger charge is 2.33. The number of imidazole rings is 1. The van der Waals surface area contributed by atoms with Gasteiger partial charge in [-0.05, 0) is 43.0 Å². The Labute approximate surface area is 164 Å². The van der Waals surface area contributed by atoms with Gasteiger partial charge in [0.25, 0.3) is 5.91 Å². The van der Waals surface area contributed by atoms with Gasteiger partial charge in [0.1, 0.15) is 0 Å². The molecule has 1 saturated heterocycles. The zero-order chi connectivity index (χ0) is 19.4. The van der Waals surface area contributed by atoms with Gasteiger partial charge in [-0.3, -0.25) is 9.59 Å². The average Bonchev–Trinajstić information content (AvgIpc) is 3.25. The molecule has 1 N–H and O–H groups in total. The third-order valence-electron chi connectivity index (χ3n) is 5.09. The fourth-order valence-corrected chi connectivity index (χ4v) is 4.30. The van der Waals surface area contributed by atoms with Crippen LogP contribution >= 0.6 is 11.8 Å². The maximum Gasteiger partial charge on any atom is 0.254 e. The van der Waals surface area contributed by atoms with Crippen LogP contribution in [-0.4, -0.2) is 44.6 Å². The van der Waals surface area contributed by atoms with Gasteiger partial charge in [-0.15, -0.1) is 0 Å². The first kappa shape index (κ1) is 19.5. The molecule has 0 aliphatic carbocycles. The maximum atomic E-state index is 12.8. The monoisotopic (exact) mass is 386 g/mol. The van der Waals surface area contributed by atoms with Gasteiger partial charge < -0.3 is 14.8 Å². The number of carbonyl (C=O) groups is 2. The molecule has 1 aliphatic rings. The minimum absolute atomic E-state index is 0.0782. The largest absolute Gasteiger partial charge is 0.335 e. The number of aryl methyl sites for hydroxylation is 1. The number of thioether (sulfide) groups is 1. The Kier molecular flexibility index (Phi) is 6.21. The topological polar surface area (TPSA) is 67.2 Å². The van der Waals surface area contributed by atoms with Crippen LogP contribution in [0.3, 0.4) is 0 Å². The molecule has 3 rings (SSSR count). The van der Waals surface area contributed by atoms with Crippen molar-refractivity contribution in [2.24, 2.45) is 13.0 Å². The minimum atomic E-state index is -0.0958. The lowest BCUT2D eigenvalue weighted by molar-refractivity contribution is -0.113. The van der Waals surface area contributed by atoms with Crippen LogP contribution in [0.25, 0.3) is 0 Å². The van der Waals surface area contributed by atoms with Crippen molar-refractivity contribution < 1.29 is 9.59 Å². The van der Waals surface area contributed by atoms with Crippen molar-refractivity contribution in [2.75, 3.05) is 17.6 Å². The first-order valence-corrected chi connectivity index (χ1v) is 10.3. The number of carbonyl (C=O) groups excluding carboxylic acids is 2. The summed E-state index contributed by atoms with van der Waals surface area (Å²) in [4.78, 5) is 31.1. The van der Waals surface area contributed by atoms with Crippen LogP contribution in [0, 0.1) is 5.92 Å². The summed E-state index contributed by atoms with van der Waals surface area (Å²) in [5, 5.41) is 3.67. The lowest BCUT2D eigenvalue weighted by Gasteiger charge is -2.26. The van der Waals surface area contributed by atoms with Gasteiger partial charge in [0.2, 0.25) is 5.91 Å². The van der Waals surface area contributed by atoms with E-state index in [0.717, 1.165) is 24.5 Å². The van der Waals surface area contributed by atoms with Crippen LogP contribution in [-0.2, 0) is 11.8 Å². The molecule has 0 unspecified atom stereocenters. The van der Waals surface area contributed by atoms with Gasteiger partial charge in [-0.25, -0.2) is 4.98 Å². The highest BCUT2D eigenvalue weighted by atomic mass is 32.2. The third kappa shape index (κ3) is 4.53. The van der Waals surface area contributed by atoms with Gasteiger partial charge in [-0.2, -0.15) is 0 Å². The van der Waals surface area contributed by atoms with Gasteiger partial charge in [-0.1, -0.05) is 25.6 Å². The molecule has 0 bridgehead atoms. The summed E-state index contributed by atoms with van der Waals surface area (Å²) in [7, 11) is 1.90. The SMILES string of the molecule is CC[C@H]1[C@@H](C)CCN1C(=O)c1ccc(NC(=O)CSc2nccn2C)cc1. The molecule has 1 fully saturated rings. The Hall–Kier alpha value is -2.28. The second-order valence-corrected chi connectivity index (χ2v) is 7.92. The molecule has 2 heterocycles. The maximum absolute atomic E-state index is 12.8. The molecule has 1 aliphatic heterocycles. The van der Waals surface area contributed by atoms with Crippen LogP contribution in [0.2, 0.25) is 0 Å². The number of nitrogens with zero attached hydrogens (tertiary/aromatic N) is 3. The van der Waals surface area contributed by atoms with Crippen molar-refractivity contribution in [3.8, 4) is 0 Å². The molecule has 6 nitrogen and oxygen atoms in total. The summed E-state index contributed by atoms with van der Waals surface area (Å²) in [6, 6.07) is 7.48. The Morgan fingerprint density at radius 3 is 2.67 bits per heavy atom. The molecule has 27 heavy (non-hydrogen) atoms. The summed E-state index contributed by atoms with van der Waals surface area (Å²) in [5.41, 5.74) is 1.36. The molecule has 0 radical (unpaired) electrons. The molecule has 1 aromatic carbocycles. The Morgan fingerprint density at radius 1 is 1.30 bits per heavy atom. The van der Waals surface area contributed by atoms with Crippen LogP contribution in [0.1, 0.15) is 37.0 Å². The summed E-state index contributed by atoms with van der Waals surface area (Å²) in [5.74, 6) is 0.819. The van der Waals surface area contributed by atoms with Crippen molar-refractivity contribution in [1.29, 1.82) is 0 Å². The second kappa shape index (κ2) is 8.61. The Balaban J connectivity index is 1.56. The number of benzene rings is 1. The minimum Gasteiger partial charge on any atom is -0.335 e. The number of hydrogen-bond donors (Lipinski definition) is 1. The number of aromatic nitrogens is 2. The van der Waals surface area contributed by atoms with E-state index >= 15 is 0 Å². The molecule has 2 amide bonds. The summed E-state index contributed by atoms with van der Waals surface area (Å²) in [6.45, 7) is 5.17. The normalized spacial score (nSPS) is 19.3. The predicted octanol–water partition coefficient (Wildman–Crippen LogP) is 3.41. The van der Waals surface area contributed by atoms with E-state index in [1.807, 2.05) is 22.7 Å². The van der Waals surface area contributed by atoms with Crippen LogP contribution in [0.5, 0.6) is 0 Å². The zero-order valence-corrected chi connectivity index (χ0v) is 16.8. The summed E-state index contributed by atoms with van der Waals surface area (Å²) in [6.07, 6.45) is 5.60. The molecule has 7 heteroatoms. The van der Waals surface area contributed by atoms with Crippen LogP contribution in [0.4, 0.5) is 5.69 Å². The predicted molar refractivity (Wildman–Crippen MR) is 108 cm³/mol. The quantitative estimate of drug-likeness (QED) is 0.773. The molecular formula is C20H26N4O2S. The van der Waals surface area contributed by atoms with Crippen LogP contribution in [0.15, 0.2) is 41.8 Å². The fourth-order valence-electron chi connectivity index (χ4n) is 3.56. The molecule has 2 atom stereocenters.